The molecule has 5 heteroatoms. The number of carbonyl (C=O) groups excluding carboxylic acids is 1. The van der Waals surface area contributed by atoms with E-state index in [-0.39, 0.29) is 17.7 Å². The molecule has 3 rings (SSSR count). The minimum absolute atomic E-state index is 0.0294. The number of aromatic nitrogens is 1. The lowest BCUT2D eigenvalue weighted by Gasteiger charge is -2.22. The second-order valence-corrected chi connectivity index (χ2v) is 6.82. The average molecular weight is 366 g/mol. The molecule has 0 bridgehead atoms. The number of amides is 1. The van der Waals surface area contributed by atoms with E-state index in [0.29, 0.717) is 18.0 Å². The number of H-pyrrole nitrogens is 1. The van der Waals surface area contributed by atoms with Crippen LogP contribution >= 0.6 is 0 Å². The zero-order valence-electron chi connectivity index (χ0n) is 16.2. The summed E-state index contributed by atoms with van der Waals surface area (Å²) in [6, 6.07) is 14.0. The minimum Gasteiger partial charge on any atom is -0.493 e. The highest BCUT2D eigenvalue weighted by Crippen LogP contribution is 2.40. The van der Waals surface area contributed by atoms with Gasteiger partial charge in [0.1, 0.15) is 0 Å². The predicted molar refractivity (Wildman–Crippen MR) is 108 cm³/mol. The second kappa shape index (κ2) is 8.16. The smallest absolute Gasteiger partial charge is 0.222 e. The molecule has 0 saturated heterocycles. The first-order chi connectivity index (χ1) is 13.1. The summed E-state index contributed by atoms with van der Waals surface area (Å²) in [6.45, 7) is 4.26. The van der Waals surface area contributed by atoms with E-state index in [1.54, 1.807) is 14.2 Å². The number of aromatic amines is 1. The third kappa shape index (κ3) is 3.77. The van der Waals surface area contributed by atoms with Crippen LogP contribution in [0.3, 0.4) is 0 Å². The highest BCUT2D eigenvalue weighted by Gasteiger charge is 2.24. The average Bonchev–Trinajstić information content (AvgIpc) is 3.11. The zero-order valence-corrected chi connectivity index (χ0v) is 16.2. The zero-order chi connectivity index (χ0) is 19.4. The molecule has 1 atom stereocenters. The normalized spacial score (nSPS) is 12.2. The minimum atomic E-state index is -0.0751. The summed E-state index contributed by atoms with van der Waals surface area (Å²) in [4.78, 5) is 15.5. The molecule has 0 spiro atoms. The number of ether oxygens (including phenoxy) is 2. The Labute approximate surface area is 159 Å². The third-order valence-corrected chi connectivity index (χ3v) is 4.81. The van der Waals surface area contributed by atoms with E-state index >= 15 is 0 Å². The van der Waals surface area contributed by atoms with Crippen LogP contribution in [0.2, 0.25) is 0 Å². The molecule has 0 radical (unpaired) electrons. The van der Waals surface area contributed by atoms with Crippen molar-refractivity contribution in [3.05, 3.63) is 59.8 Å². The van der Waals surface area contributed by atoms with Crippen LogP contribution in [-0.2, 0) is 4.79 Å². The number of fused-ring (bicyclic) bond motifs is 1. The highest BCUT2D eigenvalue weighted by atomic mass is 16.5. The van der Waals surface area contributed by atoms with Crippen LogP contribution in [0.5, 0.6) is 11.5 Å². The van der Waals surface area contributed by atoms with Crippen molar-refractivity contribution < 1.29 is 14.3 Å². The topological polar surface area (TPSA) is 63.3 Å². The maximum atomic E-state index is 12.2. The number of methoxy groups -OCH3 is 2. The lowest BCUT2D eigenvalue weighted by atomic mass is 9.89. The summed E-state index contributed by atoms with van der Waals surface area (Å²) in [5.41, 5.74) is 3.15. The van der Waals surface area contributed by atoms with E-state index in [1.807, 2.05) is 56.4 Å². The van der Waals surface area contributed by atoms with Crippen molar-refractivity contribution in [3.63, 3.8) is 0 Å². The van der Waals surface area contributed by atoms with Crippen molar-refractivity contribution >= 4 is 16.8 Å². The molecular formula is C22H26N2O3. The van der Waals surface area contributed by atoms with Gasteiger partial charge in [0.25, 0.3) is 0 Å². The quantitative estimate of drug-likeness (QED) is 0.662. The Kier molecular flexibility index (Phi) is 5.69. The van der Waals surface area contributed by atoms with Gasteiger partial charge in [0.2, 0.25) is 5.91 Å². The summed E-state index contributed by atoms with van der Waals surface area (Å²) in [6.07, 6.45) is 2.01. The van der Waals surface area contributed by atoms with E-state index in [9.17, 15) is 4.79 Å². The van der Waals surface area contributed by atoms with Gasteiger partial charge in [0.15, 0.2) is 11.5 Å². The molecule has 142 valence electrons. The number of benzene rings is 2. The first-order valence-electron chi connectivity index (χ1n) is 9.11. The first kappa shape index (κ1) is 18.8. The molecule has 2 N–H and O–H groups in total. The molecule has 1 aromatic heterocycles. The SMILES string of the molecule is COc1cccc(C(CNC(=O)C(C)C)c2c[nH]c3ccccc23)c1OC. The lowest BCUT2D eigenvalue weighted by Crippen LogP contribution is -2.32. The maximum absolute atomic E-state index is 12.2. The van der Waals surface area contributed by atoms with Crippen LogP contribution < -0.4 is 14.8 Å². The number of hydrogen-bond donors (Lipinski definition) is 2. The Morgan fingerprint density at radius 3 is 2.52 bits per heavy atom. The summed E-state index contributed by atoms with van der Waals surface area (Å²) in [5.74, 6) is 1.25. The van der Waals surface area contributed by atoms with Crippen molar-refractivity contribution in [3.8, 4) is 11.5 Å². The van der Waals surface area contributed by atoms with Gasteiger partial charge in [-0.1, -0.05) is 44.2 Å². The Hall–Kier alpha value is -2.95. The molecule has 0 aliphatic rings. The molecule has 27 heavy (non-hydrogen) atoms. The molecule has 3 aromatic rings. The number of rotatable bonds is 7. The Balaban J connectivity index is 2.09. The summed E-state index contributed by atoms with van der Waals surface area (Å²) in [7, 11) is 3.27. The van der Waals surface area contributed by atoms with Crippen LogP contribution in [-0.4, -0.2) is 31.7 Å². The van der Waals surface area contributed by atoms with Crippen molar-refractivity contribution in [1.82, 2.24) is 10.3 Å². The summed E-state index contributed by atoms with van der Waals surface area (Å²) < 4.78 is 11.1. The fourth-order valence-electron chi connectivity index (χ4n) is 3.36. The molecule has 0 aliphatic heterocycles. The maximum Gasteiger partial charge on any atom is 0.222 e. The molecule has 1 unspecified atom stereocenters. The van der Waals surface area contributed by atoms with Gasteiger partial charge in [-0.15, -0.1) is 0 Å². The van der Waals surface area contributed by atoms with Crippen LogP contribution in [0.4, 0.5) is 0 Å². The molecular weight excluding hydrogens is 340 g/mol. The monoisotopic (exact) mass is 366 g/mol. The third-order valence-electron chi connectivity index (χ3n) is 4.81. The highest BCUT2D eigenvalue weighted by molar-refractivity contribution is 5.84. The van der Waals surface area contributed by atoms with Crippen LogP contribution in [0, 0.1) is 5.92 Å². The van der Waals surface area contributed by atoms with Gasteiger partial charge in [-0.3, -0.25) is 4.79 Å². The summed E-state index contributed by atoms with van der Waals surface area (Å²) >= 11 is 0. The Bertz CT molecular complexity index is 930. The molecule has 0 saturated carbocycles. The summed E-state index contributed by atoms with van der Waals surface area (Å²) in [5, 5.41) is 4.20. The van der Waals surface area contributed by atoms with Crippen molar-refractivity contribution in [2.75, 3.05) is 20.8 Å². The van der Waals surface area contributed by atoms with E-state index in [4.69, 9.17) is 9.47 Å². The number of nitrogens with one attached hydrogen (secondary N) is 2. The van der Waals surface area contributed by atoms with Crippen LogP contribution in [0.15, 0.2) is 48.7 Å². The number of para-hydroxylation sites is 2. The number of carbonyl (C=O) groups is 1. The number of hydrogen-bond acceptors (Lipinski definition) is 3. The second-order valence-electron chi connectivity index (χ2n) is 6.82. The fraction of sp³-hybridized carbons (Fsp3) is 0.318. The van der Waals surface area contributed by atoms with Crippen LogP contribution in [0.1, 0.15) is 30.9 Å². The standard InChI is InChI=1S/C22H26N2O3/c1-14(2)22(25)24-13-18(16-9-7-11-20(26-3)21(16)27-4)17-12-23-19-10-6-5-8-15(17)19/h5-12,14,18,23H,13H2,1-4H3,(H,24,25). The van der Waals surface area contributed by atoms with E-state index in [0.717, 1.165) is 22.0 Å². The Morgan fingerprint density at radius 2 is 1.81 bits per heavy atom. The lowest BCUT2D eigenvalue weighted by molar-refractivity contribution is -0.124. The molecule has 2 aromatic carbocycles. The molecule has 0 aliphatic carbocycles. The molecule has 5 nitrogen and oxygen atoms in total. The predicted octanol–water partition coefficient (Wildman–Crippen LogP) is 4.09. The van der Waals surface area contributed by atoms with Gasteiger partial charge in [-0.25, -0.2) is 0 Å². The van der Waals surface area contributed by atoms with Crippen molar-refractivity contribution in [1.29, 1.82) is 0 Å². The van der Waals surface area contributed by atoms with E-state index in [1.165, 1.54) is 0 Å². The largest absolute Gasteiger partial charge is 0.493 e. The van der Waals surface area contributed by atoms with Gasteiger partial charge in [0, 0.05) is 41.0 Å². The van der Waals surface area contributed by atoms with Gasteiger partial charge < -0.3 is 19.8 Å². The van der Waals surface area contributed by atoms with Crippen molar-refractivity contribution in [2.45, 2.75) is 19.8 Å². The van der Waals surface area contributed by atoms with E-state index in [2.05, 4.69) is 16.4 Å². The molecule has 0 fully saturated rings. The fourth-order valence-corrected chi connectivity index (χ4v) is 3.36. The first-order valence-corrected chi connectivity index (χ1v) is 9.11. The van der Waals surface area contributed by atoms with Crippen molar-refractivity contribution in [2.24, 2.45) is 5.92 Å². The van der Waals surface area contributed by atoms with Gasteiger partial charge >= 0.3 is 0 Å². The van der Waals surface area contributed by atoms with Crippen LogP contribution in [0.25, 0.3) is 10.9 Å². The molecule has 1 heterocycles. The molecule has 1 amide bonds. The van der Waals surface area contributed by atoms with E-state index < -0.39 is 0 Å². The Morgan fingerprint density at radius 1 is 1.04 bits per heavy atom. The van der Waals surface area contributed by atoms with Gasteiger partial charge in [-0.2, -0.15) is 0 Å². The van der Waals surface area contributed by atoms with Gasteiger partial charge in [0.05, 0.1) is 14.2 Å². The van der Waals surface area contributed by atoms with Gasteiger partial charge in [-0.05, 0) is 17.7 Å².